The summed E-state index contributed by atoms with van der Waals surface area (Å²) in [4.78, 5) is 36.0. The Morgan fingerprint density at radius 2 is 1.95 bits per heavy atom. The number of hydrogen-bond donors (Lipinski definition) is 2. The van der Waals surface area contributed by atoms with E-state index in [1.807, 2.05) is 0 Å². The highest BCUT2D eigenvalue weighted by Crippen LogP contribution is 2.35. The Balaban J connectivity index is 2.43. The first-order chi connectivity index (χ1) is 9.88. The number of hydrogen-bond acceptors (Lipinski definition) is 4. The number of amides is 1. The van der Waals surface area contributed by atoms with Crippen LogP contribution in [-0.4, -0.2) is 44.5 Å². The van der Waals surface area contributed by atoms with Crippen LogP contribution >= 0.6 is 0 Å². The summed E-state index contributed by atoms with van der Waals surface area (Å²) >= 11 is 0. The maximum Gasteiger partial charge on any atom is 0.330 e. The number of aliphatic hydroxyl groups excluding tert-OH is 1. The van der Waals surface area contributed by atoms with Gasteiger partial charge in [-0.15, -0.1) is 0 Å². The molecule has 0 bridgehead atoms. The van der Waals surface area contributed by atoms with E-state index < -0.39 is 29.4 Å². The van der Waals surface area contributed by atoms with Crippen molar-refractivity contribution >= 4 is 17.7 Å². The lowest BCUT2D eigenvalue weighted by atomic mass is 9.87. The predicted molar refractivity (Wildman–Crippen MR) is 73.3 cm³/mol. The summed E-state index contributed by atoms with van der Waals surface area (Å²) in [5, 5.41) is 19.6. The van der Waals surface area contributed by atoms with E-state index in [1.54, 1.807) is 30.3 Å². The summed E-state index contributed by atoms with van der Waals surface area (Å²) in [7, 11) is 0. The van der Waals surface area contributed by atoms with Gasteiger partial charge in [0, 0.05) is 12.8 Å². The van der Waals surface area contributed by atoms with E-state index in [-0.39, 0.29) is 19.3 Å². The van der Waals surface area contributed by atoms with Gasteiger partial charge in [-0.2, -0.15) is 0 Å². The largest absolute Gasteiger partial charge is 0.479 e. The van der Waals surface area contributed by atoms with Crippen LogP contribution in [0.1, 0.15) is 25.3 Å². The van der Waals surface area contributed by atoms with Crippen molar-refractivity contribution in [2.45, 2.75) is 38.0 Å². The van der Waals surface area contributed by atoms with Gasteiger partial charge < -0.3 is 10.2 Å². The van der Waals surface area contributed by atoms with Gasteiger partial charge in [0.25, 0.3) is 0 Å². The summed E-state index contributed by atoms with van der Waals surface area (Å²) in [5.74, 6) is -2.38. The molecule has 0 radical (unpaired) electrons. The summed E-state index contributed by atoms with van der Waals surface area (Å²) in [5.41, 5.74) is -0.848. The van der Waals surface area contributed by atoms with E-state index >= 15 is 0 Å². The Labute approximate surface area is 122 Å². The average molecular weight is 291 g/mol. The van der Waals surface area contributed by atoms with Crippen molar-refractivity contribution in [1.29, 1.82) is 0 Å². The van der Waals surface area contributed by atoms with Crippen molar-refractivity contribution in [2.24, 2.45) is 0 Å². The third kappa shape index (κ3) is 2.67. The molecule has 112 valence electrons. The SMILES string of the molecule is CC(=O)C(O)N1C(=O)CC[C@@]1(Cc1ccccc1)C(=O)O. The number of carboxylic acids is 1. The van der Waals surface area contributed by atoms with Crippen LogP contribution in [0.15, 0.2) is 30.3 Å². The minimum absolute atomic E-state index is 0.00345. The van der Waals surface area contributed by atoms with Gasteiger partial charge in [-0.05, 0) is 18.9 Å². The van der Waals surface area contributed by atoms with E-state index in [0.717, 1.165) is 17.4 Å². The van der Waals surface area contributed by atoms with Gasteiger partial charge in [-0.25, -0.2) is 4.79 Å². The number of aliphatic hydroxyl groups is 1. The van der Waals surface area contributed by atoms with Crippen LogP contribution in [0.25, 0.3) is 0 Å². The number of carboxylic acid groups (broad SMARTS) is 1. The first kappa shape index (κ1) is 15.2. The molecule has 1 aromatic rings. The molecular weight excluding hydrogens is 274 g/mol. The fraction of sp³-hybridized carbons (Fsp3) is 0.400. The third-order valence-corrected chi connectivity index (χ3v) is 3.83. The number of aliphatic carboxylic acids is 1. The lowest BCUT2D eigenvalue weighted by Gasteiger charge is -2.37. The van der Waals surface area contributed by atoms with E-state index in [9.17, 15) is 24.6 Å². The Morgan fingerprint density at radius 1 is 1.33 bits per heavy atom. The zero-order valence-corrected chi connectivity index (χ0v) is 11.7. The van der Waals surface area contributed by atoms with Crippen molar-refractivity contribution in [3.05, 3.63) is 35.9 Å². The maximum atomic E-state index is 12.0. The van der Waals surface area contributed by atoms with E-state index in [4.69, 9.17) is 0 Å². The van der Waals surface area contributed by atoms with Crippen molar-refractivity contribution in [3.63, 3.8) is 0 Å². The summed E-state index contributed by atoms with van der Waals surface area (Å²) in [6.07, 6.45) is -1.59. The molecule has 1 fully saturated rings. The van der Waals surface area contributed by atoms with Crippen molar-refractivity contribution < 1.29 is 24.6 Å². The molecule has 1 saturated heterocycles. The number of Topliss-reactive ketones (excluding diaryl/α,β-unsaturated/α-hetero) is 1. The molecule has 6 heteroatoms. The Hall–Kier alpha value is -2.21. The van der Waals surface area contributed by atoms with Gasteiger partial charge >= 0.3 is 5.97 Å². The molecule has 1 aliphatic rings. The number of nitrogens with zero attached hydrogens (tertiary/aromatic N) is 1. The fourth-order valence-electron chi connectivity index (χ4n) is 2.74. The topological polar surface area (TPSA) is 94.9 Å². The second-order valence-electron chi connectivity index (χ2n) is 5.25. The van der Waals surface area contributed by atoms with Crippen LogP contribution in [0.4, 0.5) is 0 Å². The van der Waals surface area contributed by atoms with Crippen LogP contribution in [0.5, 0.6) is 0 Å². The van der Waals surface area contributed by atoms with Crippen LogP contribution in [0, 0.1) is 0 Å². The number of likely N-dealkylation sites (tertiary alicyclic amines) is 1. The minimum atomic E-state index is -1.72. The van der Waals surface area contributed by atoms with Crippen molar-refractivity contribution in [1.82, 2.24) is 4.90 Å². The van der Waals surface area contributed by atoms with Gasteiger partial charge in [0.2, 0.25) is 5.91 Å². The molecule has 0 aliphatic carbocycles. The van der Waals surface area contributed by atoms with Crippen molar-refractivity contribution in [2.75, 3.05) is 0 Å². The summed E-state index contributed by atoms with van der Waals surface area (Å²) in [6, 6.07) is 8.86. The lowest BCUT2D eigenvalue weighted by Crippen LogP contribution is -2.59. The van der Waals surface area contributed by atoms with E-state index in [2.05, 4.69) is 0 Å². The molecule has 1 amide bonds. The summed E-state index contributed by atoms with van der Waals surface area (Å²) < 4.78 is 0. The summed E-state index contributed by atoms with van der Waals surface area (Å²) in [6.45, 7) is 1.13. The van der Waals surface area contributed by atoms with Gasteiger partial charge in [0.1, 0.15) is 5.54 Å². The Bertz CT molecular complexity index is 571. The third-order valence-electron chi connectivity index (χ3n) is 3.83. The minimum Gasteiger partial charge on any atom is -0.479 e. The van der Waals surface area contributed by atoms with Gasteiger partial charge in [0.05, 0.1) is 0 Å². The van der Waals surface area contributed by atoms with Gasteiger partial charge in [0.15, 0.2) is 12.0 Å². The fourth-order valence-corrected chi connectivity index (χ4v) is 2.74. The molecule has 1 aromatic carbocycles. The second kappa shape index (κ2) is 5.65. The highest BCUT2D eigenvalue weighted by Gasteiger charge is 2.54. The molecule has 0 saturated carbocycles. The monoisotopic (exact) mass is 291 g/mol. The standard InChI is InChI=1S/C15H17NO5/c1-10(17)13(19)16-12(18)7-8-15(16,14(20)21)9-11-5-3-2-4-6-11/h2-6,13,19H,7-9H2,1H3,(H,20,21)/t13?,15-/m1/s1. The zero-order valence-electron chi connectivity index (χ0n) is 11.7. The first-order valence-corrected chi connectivity index (χ1v) is 6.66. The number of benzene rings is 1. The van der Waals surface area contributed by atoms with Crippen LogP contribution in [-0.2, 0) is 20.8 Å². The number of ketones is 1. The smallest absolute Gasteiger partial charge is 0.330 e. The normalized spacial score (nSPS) is 23.1. The van der Waals surface area contributed by atoms with Gasteiger partial charge in [-0.3, -0.25) is 14.5 Å². The van der Waals surface area contributed by atoms with Crippen LogP contribution < -0.4 is 0 Å². The number of carbonyl (C=O) groups is 3. The quantitative estimate of drug-likeness (QED) is 0.827. The first-order valence-electron chi connectivity index (χ1n) is 6.66. The number of carbonyl (C=O) groups excluding carboxylic acids is 2. The van der Waals surface area contributed by atoms with Crippen LogP contribution in [0.2, 0.25) is 0 Å². The average Bonchev–Trinajstić information content (AvgIpc) is 2.77. The molecule has 1 aliphatic heterocycles. The van der Waals surface area contributed by atoms with Gasteiger partial charge in [-0.1, -0.05) is 30.3 Å². The second-order valence-corrected chi connectivity index (χ2v) is 5.25. The maximum absolute atomic E-state index is 12.0. The molecule has 2 atom stereocenters. The van der Waals surface area contributed by atoms with E-state index in [1.165, 1.54) is 0 Å². The molecule has 21 heavy (non-hydrogen) atoms. The molecule has 1 heterocycles. The highest BCUT2D eigenvalue weighted by atomic mass is 16.4. The molecular formula is C15H17NO5. The number of rotatable bonds is 5. The lowest BCUT2D eigenvalue weighted by molar-refractivity contribution is -0.168. The molecule has 2 N–H and O–H groups in total. The highest BCUT2D eigenvalue weighted by molar-refractivity contribution is 5.95. The Kier molecular flexibility index (Phi) is 4.09. The zero-order chi connectivity index (χ0) is 15.6. The van der Waals surface area contributed by atoms with Crippen molar-refractivity contribution in [3.8, 4) is 0 Å². The molecule has 1 unspecified atom stereocenters. The molecule has 6 nitrogen and oxygen atoms in total. The van der Waals surface area contributed by atoms with E-state index in [0.29, 0.717) is 0 Å². The van der Waals surface area contributed by atoms with Crippen LogP contribution in [0.3, 0.4) is 0 Å². The molecule has 0 spiro atoms. The predicted octanol–water partition coefficient (Wildman–Crippen LogP) is 0.582. The molecule has 2 rings (SSSR count). The molecule has 0 aromatic heterocycles. The Morgan fingerprint density at radius 3 is 2.48 bits per heavy atom.